The van der Waals surface area contributed by atoms with E-state index >= 15 is 0 Å². The van der Waals surface area contributed by atoms with Gasteiger partial charge in [0.15, 0.2) is 0 Å². The van der Waals surface area contributed by atoms with Crippen LogP contribution in [0.15, 0.2) is 12.2 Å². The Morgan fingerprint density at radius 3 is 1.02 bits per heavy atom. The average molecular weight is 633 g/mol. The molecule has 0 atom stereocenters. The lowest BCUT2D eigenvalue weighted by Crippen LogP contribution is -2.05. The van der Waals surface area contributed by atoms with E-state index in [9.17, 15) is 4.79 Å². The van der Waals surface area contributed by atoms with Crippen LogP contribution in [0.1, 0.15) is 251 Å². The normalized spacial score (nSPS) is 11.6. The van der Waals surface area contributed by atoms with Gasteiger partial charge < -0.3 is 4.74 Å². The van der Waals surface area contributed by atoms with Crippen molar-refractivity contribution in [3.8, 4) is 0 Å². The molecule has 0 amide bonds. The number of rotatable bonds is 39. The van der Waals surface area contributed by atoms with Crippen LogP contribution in [-0.4, -0.2) is 12.6 Å². The molecule has 0 N–H and O–H groups in total. The highest BCUT2D eigenvalue weighted by atomic mass is 16.5. The van der Waals surface area contributed by atoms with Gasteiger partial charge in [0, 0.05) is 6.42 Å². The average Bonchev–Trinajstić information content (AvgIpc) is 3.05. The summed E-state index contributed by atoms with van der Waals surface area (Å²) in [6, 6.07) is 0. The molecule has 0 aliphatic carbocycles. The Morgan fingerprint density at radius 1 is 0.356 bits per heavy atom. The van der Waals surface area contributed by atoms with E-state index in [1.54, 1.807) is 0 Å². The van der Waals surface area contributed by atoms with Gasteiger partial charge in [0.05, 0.1) is 6.61 Å². The summed E-state index contributed by atoms with van der Waals surface area (Å²) in [7, 11) is 0. The van der Waals surface area contributed by atoms with E-state index in [1.807, 2.05) is 0 Å². The summed E-state index contributed by atoms with van der Waals surface area (Å²) in [5.74, 6) is 0.0173. The maximum Gasteiger partial charge on any atom is 0.305 e. The molecular formula is C43H84O2. The van der Waals surface area contributed by atoms with Crippen molar-refractivity contribution in [2.24, 2.45) is 0 Å². The Bertz CT molecular complexity index is 568. The highest BCUT2D eigenvalue weighted by Crippen LogP contribution is 2.16. The molecule has 0 fully saturated rings. The lowest BCUT2D eigenvalue weighted by Gasteiger charge is -2.06. The molecule has 0 heterocycles. The molecule has 2 heteroatoms. The fourth-order valence-electron chi connectivity index (χ4n) is 6.47. The fraction of sp³-hybridized carbons (Fsp3) is 0.930. The molecule has 0 aromatic heterocycles. The monoisotopic (exact) mass is 633 g/mol. The van der Waals surface area contributed by atoms with Crippen molar-refractivity contribution in [2.75, 3.05) is 6.61 Å². The van der Waals surface area contributed by atoms with Gasteiger partial charge in [0.2, 0.25) is 0 Å². The molecule has 0 bridgehead atoms. The standard InChI is InChI=1S/C43H84O2/c1-3-5-7-9-11-13-15-16-17-18-19-20-21-22-23-24-25-26-27-28-29-30-32-34-36-38-40-42-45-43(44)41-39-37-35-33-31-14-12-10-8-6-4-2/h10,12H,3-9,11,13-42H2,1-2H3/b12-10-. The van der Waals surface area contributed by atoms with Gasteiger partial charge in [-0.25, -0.2) is 0 Å². The Morgan fingerprint density at radius 2 is 0.644 bits per heavy atom. The van der Waals surface area contributed by atoms with E-state index in [1.165, 1.54) is 212 Å². The molecule has 0 aromatic rings. The zero-order chi connectivity index (χ0) is 32.6. The van der Waals surface area contributed by atoms with Crippen LogP contribution in [0.2, 0.25) is 0 Å². The van der Waals surface area contributed by atoms with Gasteiger partial charge in [-0.05, 0) is 32.1 Å². The van der Waals surface area contributed by atoms with E-state index in [-0.39, 0.29) is 5.97 Å². The van der Waals surface area contributed by atoms with Crippen molar-refractivity contribution < 1.29 is 9.53 Å². The molecule has 0 aliphatic rings. The van der Waals surface area contributed by atoms with Crippen LogP contribution in [0.25, 0.3) is 0 Å². The SMILES string of the molecule is CCCC/C=C\CCCCCCCC(=O)OCCCCCCCCCCCCCCCCCCCCCCCCCCCCC. The minimum absolute atomic E-state index is 0.0173. The van der Waals surface area contributed by atoms with Crippen molar-refractivity contribution in [1.29, 1.82) is 0 Å². The summed E-state index contributed by atoms with van der Waals surface area (Å²) < 4.78 is 5.44. The first-order valence-corrected chi connectivity index (χ1v) is 21.1. The van der Waals surface area contributed by atoms with Crippen LogP contribution in [0.5, 0.6) is 0 Å². The van der Waals surface area contributed by atoms with Crippen LogP contribution in [0.3, 0.4) is 0 Å². The minimum atomic E-state index is 0.0173. The lowest BCUT2D eigenvalue weighted by atomic mass is 10.0. The van der Waals surface area contributed by atoms with Gasteiger partial charge in [-0.1, -0.05) is 225 Å². The molecule has 2 nitrogen and oxygen atoms in total. The van der Waals surface area contributed by atoms with Crippen molar-refractivity contribution in [1.82, 2.24) is 0 Å². The van der Waals surface area contributed by atoms with Gasteiger partial charge in [0.25, 0.3) is 0 Å². The quantitative estimate of drug-likeness (QED) is 0.0383. The van der Waals surface area contributed by atoms with Crippen LogP contribution >= 0.6 is 0 Å². The third kappa shape index (κ3) is 41.2. The fourth-order valence-corrected chi connectivity index (χ4v) is 6.47. The lowest BCUT2D eigenvalue weighted by molar-refractivity contribution is -0.143. The van der Waals surface area contributed by atoms with Crippen LogP contribution in [0, 0.1) is 0 Å². The van der Waals surface area contributed by atoms with Crippen LogP contribution in [0.4, 0.5) is 0 Å². The molecular weight excluding hydrogens is 548 g/mol. The summed E-state index contributed by atoms with van der Waals surface area (Å²) in [6.45, 7) is 5.18. The zero-order valence-electron chi connectivity index (χ0n) is 31.3. The van der Waals surface area contributed by atoms with Crippen molar-refractivity contribution in [2.45, 2.75) is 251 Å². The van der Waals surface area contributed by atoms with Gasteiger partial charge in [-0.2, -0.15) is 0 Å². The predicted octanol–water partition coefficient (Wildman–Crippen LogP) is 15.6. The molecule has 0 radical (unpaired) electrons. The number of hydrogen-bond acceptors (Lipinski definition) is 2. The van der Waals surface area contributed by atoms with E-state index in [0.29, 0.717) is 13.0 Å². The summed E-state index contributed by atoms with van der Waals surface area (Å²) in [6.07, 6.45) is 54.6. The highest BCUT2D eigenvalue weighted by molar-refractivity contribution is 5.69. The number of unbranched alkanes of at least 4 members (excludes halogenated alkanes) is 33. The van der Waals surface area contributed by atoms with Crippen LogP contribution < -0.4 is 0 Å². The topological polar surface area (TPSA) is 26.3 Å². The van der Waals surface area contributed by atoms with Crippen LogP contribution in [-0.2, 0) is 9.53 Å². The van der Waals surface area contributed by atoms with Gasteiger partial charge in [-0.3, -0.25) is 4.79 Å². The number of hydrogen-bond donors (Lipinski definition) is 0. The zero-order valence-corrected chi connectivity index (χ0v) is 31.3. The molecule has 0 aromatic carbocycles. The second-order valence-electron chi connectivity index (χ2n) is 14.3. The Labute approximate surface area is 285 Å². The van der Waals surface area contributed by atoms with E-state index < -0.39 is 0 Å². The van der Waals surface area contributed by atoms with Crippen molar-refractivity contribution in [3.63, 3.8) is 0 Å². The van der Waals surface area contributed by atoms with Crippen molar-refractivity contribution >= 4 is 5.97 Å². The maximum atomic E-state index is 11.9. The third-order valence-electron chi connectivity index (χ3n) is 9.65. The number of allylic oxidation sites excluding steroid dienone is 2. The molecule has 0 saturated carbocycles. The Hall–Kier alpha value is -0.790. The largest absolute Gasteiger partial charge is 0.466 e. The second kappa shape index (κ2) is 41.2. The molecule has 268 valence electrons. The number of esters is 1. The first-order chi connectivity index (χ1) is 22.3. The first-order valence-electron chi connectivity index (χ1n) is 21.1. The first kappa shape index (κ1) is 44.2. The maximum absolute atomic E-state index is 11.9. The summed E-state index contributed by atoms with van der Waals surface area (Å²) in [5, 5.41) is 0. The number of carbonyl (C=O) groups is 1. The molecule has 0 saturated heterocycles. The molecule has 45 heavy (non-hydrogen) atoms. The summed E-state index contributed by atoms with van der Waals surface area (Å²) >= 11 is 0. The second-order valence-corrected chi connectivity index (χ2v) is 14.3. The molecule has 0 rings (SSSR count). The van der Waals surface area contributed by atoms with E-state index in [0.717, 1.165) is 19.3 Å². The third-order valence-corrected chi connectivity index (χ3v) is 9.65. The van der Waals surface area contributed by atoms with Crippen molar-refractivity contribution in [3.05, 3.63) is 12.2 Å². The van der Waals surface area contributed by atoms with Gasteiger partial charge >= 0.3 is 5.97 Å². The number of ether oxygens (including phenoxy) is 1. The predicted molar refractivity (Wildman–Crippen MR) is 202 cm³/mol. The van der Waals surface area contributed by atoms with Gasteiger partial charge in [-0.15, -0.1) is 0 Å². The highest BCUT2D eigenvalue weighted by Gasteiger charge is 2.03. The van der Waals surface area contributed by atoms with E-state index in [4.69, 9.17) is 4.74 Å². The Balaban J connectivity index is 3.13. The summed E-state index contributed by atoms with van der Waals surface area (Å²) in [4.78, 5) is 11.9. The molecule has 0 spiro atoms. The molecule has 0 unspecified atom stereocenters. The Kier molecular flexibility index (Phi) is 40.5. The van der Waals surface area contributed by atoms with E-state index in [2.05, 4.69) is 26.0 Å². The smallest absolute Gasteiger partial charge is 0.305 e. The minimum Gasteiger partial charge on any atom is -0.466 e. The summed E-state index contributed by atoms with van der Waals surface area (Å²) in [5.41, 5.74) is 0. The number of carbonyl (C=O) groups excluding carboxylic acids is 1. The molecule has 0 aliphatic heterocycles. The van der Waals surface area contributed by atoms with Gasteiger partial charge in [0.1, 0.15) is 0 Å².